The molecule has 0 saturated heterocycles. The van der Waals surface area contributed by atoms with Gasteiger partial charge in [0.15, 0.2) is 5.78 Å². The second kappa shape index (κ2) is 5.58. The molecule has 0 spiro atoms. The highest BCUT2D eigenvalue weighted by molar-refractivity contribution is 8.00. The number of ketones is 1. The van der Waals surface area contributed by atoms with Crippen molar-refractivity contribution in [1.29, 1.82) is 0 Å². The number of aromatic nitrogens is 1. The van der Waals surface area contributed by atoms with Crippen molar-refractivity contribution in [3.63, 3.8) is 0 Å². The minimum absolute atomic E-state index is 0.256. The molecule has 0 aliphatic heterocycles. The van der Waals surface area contributed by atoms with Gasteiger partial charge in [0.25, 0.3) is 0 Å². The van der Waals surface area contributed by atoms with Crippen LogP contribution in [0.1, 0.15) is 42.5 Å². The van der Waals surface area contributed by atoms with Crippen LogP contribution in [0.2, 0.25) is 0 Å². The van der Waals surface area contributed by atoms with E-state index in [1.54, 1.807) is 11.8 Å². The van der Waals surface area contributed by atoms with Crippen LogP contribution < -0.4 is 0 Å². The highest BCUT2D eigenvalue weighted by atomic mass is 32.2. The first-order chi connectivity index (χ1) is 7.47. The predicted molar refractivity (Wildman–Crippen MR) is 71.5 cm³/mol. The highest BCUT2D eigenvalue weighted by Gasteiger charge is 2.15. The Morgan fingerprint density at radius 3 is 2.50 bits per heavy atom. The van der Waals surface area contributed by atoms with Gasteiger partial charge >= 0.3 is 0 Å². The van der Waals surface area contributed by atoms with Crippen LogP contribution in [-0.4, -0.2) is 21.4 Å². The van der Waals surface area contributed by atoms with E-state index in [1.807, 2.05) is 13.0 Å². The van der Waals surface area contributed by atoms with Crippen molar-refractivity contribution >= 4 is 17.5 Å². The topological polar surface area (TPSA) is 22.0 Å². The van der Waals surface area contributed by atoms with E-state index >= 15 is 0 Å². The third kappa shape index (κ3) is 2.91. The summed E-state index contributed by atoms with van der Waals surface area (Å²) in [6.07, 6.45) is 0. The highest BCUT2D eigenvalue weighted by Crippen LogP contribution is 2.18. The third-order valence-corrected chi connectivity index (χ3v) is 3.83. The SMILES string of the molecule is CCn1c(C)cc(C(=O)CSC(C)C)c1C. The summed E-state index contributed by atoms with van der Waals surface area (Å²) >= 11 is 1.71. The number of Topliss-reactive ketones (excluding diaryl/α,β-unsaturated/α-hetero) is 1. The van der Waals surface area contributed by atoms with Crippen molar-refractivity contribution in [1.82, 2.24) is 4.57 Å². The number of carbonyl (C=O) groups excluding carboxylic acids is 1. The molecule has 0 fully saturated rings. The summed E-state index contributed by atoms with van der Waals surface area (Å²) in [5.74, 6) is 0.845. The molecule has 90 valence electrons. The van der Waals surface area contributed by atoms with Crippen molar-refractivity contribution in [3.8, 4) is 0 Å². The second-order valence-corrected chi connectivity index (χ2v) is 5.88. The molecule has 0 atom stereocenters. The fourth-order valence-electron chi connectivity index (χ4n) is 1.89. The van der Waals surface area contributed by atoms with Gasteiger partial charge in [-0.05, 0) is 32.1 Å². The molecule has 0 saturated carbocycles. The molecule has 0 aliphatic carbocycles. The predicted octanol–water partition coefficient (Wildman–Crippen LogP) is 3.45. The average molecular weight is 239 g/mol. The van der Waals surface area contributed by atoms with Crippen LogP contribution in [0.15, 0.2) is 6.07 Å². The molecule has 0 amide bonds. The fourth-order valence-corrected chi connectivity index (χ4v) is 2.53. The van der Waals surface area contributed by atoms with Gasteiger partial charge in [-0.15, -0.1) is 0 Å². The summed E-state index contributed by atoms with van der Waals surface area (Å²) in [7, 11) is 0. The molecule has 16 heavy (non-hydrogen) atoms. The van der Waals surface area contributed by atoms with Crippen molar-refractivity contribution in [2.24, 2.45) is 0 Å². The first kappa shape index (κ1) is 13.4. The van der Waals surface area contributed by atoms with Crippen LogP contribution in [-0.2, 0) is 6.54 Å². The maximum absolute atomic E-state index is 12.0. The molecule has 1 aromatic heterocycles. The molecular weight excluding hydrogens is 218 g/mol. The monoisotopic (exact) mass is 239 g/mol. The van der Waals surface area contributed by atoms with Crippen LogP contribution in [0.3, 0.4) is 0 Å². The van der Waals surface area contributed by atoms with E-state index in [9.17, 15) is 4.79 Å². The Morgan fingerprint density at radius 1 is 1.44 bits per heavy atom. The zero-order valence-corrected chi connectivity index (χ0v) is 11.6. The second-order valence-electron chi connectivity index (χ2n) is 4.31. The Hall–Kier alpha value is -0.700. The van der Waals surface area contributed by atoms with E-state index in [2.05, 4.69) is 32.3 Å². The molecule has 1 heterocycles. The first-order valence-corrected chi connectivity index (χ1v) is 6.83. The number of carbonyl (C=O) groups is 1. The lowest BCUT2D eigenvalue weighted by Crippen LogP contribution is -2.07. The van der Waals surface area contributed by atoms with Crippen LogP contribution >= 0.6 is 11.8 Å². The minimum Gasteiger partial charge on any atom is -0.349 e. The van der Waals surface area contributed by atoms with E-state index in [-0.39, 0.29) is 5.78 Å². The van der Waals surface area contributed by atoms with Gasteiger partial charge in [0.2, 0.25) is 0 Å². The number of hydrogen-bond donors (Lipinski definition) is 0. The fraction of sp³-hybridized carbons (Fsp3) is 0.615. The van der Waals surface area contributed by atoms with Gasteiger partial charge in [-0.3, -0.25) is 4.79 Å². The third-order valence-electron chi connectivity index (χ3n) is 2.74. The average Bonchev–Trinajstić information content (AvgIpc) is 2.50. The molecule has 2 nitrogen and oxygen atoms in total. The van der Waals surface area contributed by atoms with Crippen LogP contribution in [0.25, 0.3) is 0 Å². The van der Waals surface area contributed by atoms with E-state index in [0.29, 0.717) is 11.0 Å². The first-order valence-electron chi connectivity index (χ1n) is 5.78. The van der Waals surface area contributed by atoms with Crippen molar-refractivity contribution < 1.29 is 4.79 Å². The van der Waals surface area contributed by atoms with Crippen LogP contribution in [0.5, 0.6) is 0 Å². The minimum atomic E-state index is 0.256. The molecule has 0 N–H and O–H groups in total. The smallest absolute Gasteiger partial charge is 0.174 e. The van der Waals surface area contributed by atoms with E-state index < -0.39 is 0 Å². The normalized spacial score (nSPS) is 11.1. The van der Waals surface area contributed by atoms with Crippen molar-refractivity contribution in [2.45, 2.75) is 46.4 Å². The number of rotatable bonds is 5. The lowest BCUT2D eigenvalue weighted by atomic mass is 10.2. The van der Waals surface area contributed by atoms with Gasteiger partial charge in [0.05, 0.1) is 5.75 Å². The van der Waals surface area contributed by atoms with Crippen LogP contribution in [0.4, 0.5) is 0 Å². The Morgan fingerprint density at radius 2 is 2.06 bits per heavy atom. The molecule has 1 aromatic rings. The lowest BCUT2D eigenvalue weighted by molar-refractivity contribution is 0.102. The van der Waals surface area contributed by atoms with Gasteiger partial charge in [-0.25, -0.2) is 0 Å². The molecule has 1 rings (SSSR count). The Kier molecular flexibility index (Phi) is 4.66. The maximum atomic E-state index is 12.0. The summed E-state index contributed by atoms with van der Waals surface area (Å²) in [4.78, 5) is 12.0. The number of aryl methyl sites for hydroxylation is 1. The largest absolute Gasteiger partial charge is 0.349 e. The number of thioether (sulfide) groups is 1. The zero-order chi connectivity index (χ0) is 12.3. The molecular formula is C13H21NOS. The van der Waals surface area contributed by atoms with Crippen LogP contribution in [0, 0.1) is 13.8 Å². The summed E-state index contributed by atoms with van der Waals surface area (Å²) < 4.78 is 2.19. The van der Waals surface area contributed by atoms with Gasteiger partial charge in [-0.2, -0.15) is 11.8 Å². The lowest BCUT2D eigenvalue weighted by Gasteiger charge is -2.06. The molecule has 0 aromatic carbocycles. The van der Waals surface area contributed by atoms with Gasteiger partial charge < -0.3 is 4.57 Å². The Labute approximate surface area is 102 Å². The van der Waals surface area contributed by atoms with E-state index in [0.717, 1.165) is 17.8 Å². The van der Waals surface area contributed by atoms with Gasteiger partial charge in [0, 0.05) is 23.5 Å². The molecule has 0 bridgehead atoms. The van der Waals surface area contributed by atoms with Crippen molar-refractivity contribution in [2.75, 3.05) is 5.75 Å². The summed E-state index contributed by atoms with van der Waals surface area (Å²) in [6.45, 7) is 11.4. The number of nitrogens with zero attached hydrogens (tertiary/aromatic N) is 1. The standard InChI is InChI=1S/C13H21NOS/c1-6-14-10(4)7-12(11(14)5)13(15)8-16-9(2)3/h7,9H,6,8H2,1-5H3. The van der Waals surface area contributed by atoms with E-state index in [4.69, 9.17) is 0 Å². The summed E-state index contributed by atoms with van der Waals surface area (Å²) in [5.41, 5.74) is 3.18. The number of hydrogen-bond acceptors (Lipinski definition) is 2. The van der Waals surface area contributed by atoms with Gasteiger partial charge in [-0.1, -0.05) is 13.8 Å². The summed E-state index contributed by atoms with van der Waals surface area (Å²) in [5, 5.41) is 0.513. The van der Waals surface area contributed by atoms with Gasteiger partial charge in [0.1, 0.15) is 0 Å². The molecule has 3 heteroatoms. The quantitative estimate of drug-likeness (QED) is 0.734. The molecule has 0 aliphatic rings. The summed E-state index contributed by atoms with van der Waals surface area (Å²) in [6, 6.07) is 2.02. The molecule has 0 radical (unpaired) electrons. The Bertz CT molecular complexity index is 380. The Balaban J connectivity index is 2.84. The molecule has 0 unspecified atom stereocenters. The van der Waals surface area contributed by atoms with E-state index in [1.165, 1.54) is 5.69 Å². The zero-order valence-electron chi connectivity index (χ0n) is 10.8. The maximum Gasteiger partial charge on any atom is 0.174 e. The van der Waals surface area contributed by atoms with Crippen molar-refractivity contribution in [3.05, 3.63) is 23.0 Å².